The van der Waals surface area contributed by atoms with E-state index in [1.54, 1.807) is 0 Å². The fourth-order valence-electron chi connectivity index (χ4n) is 0.771. The van der Waals surface area contributed by atoms with Gasteiger partial charge < -0.3 is 4.55 Å². The Morgan fingerprint density at radius 2 is 1.82 bits per heavy atom. The molecule has 1 atom stereocenters. The SMILES string of the molecule is CCCN(CCC)OS(=O)[O-]. The van der Waals surface area contributed by atoms with Crippen LogP contribution < -0.4 is 0 Å². The maximum Gasteiger partial charge on any atom is 0.106 e. The van der Waals surface area contributed by atoms with Crippen molar-refractivity contribution in [2.75, 3.05) is 13.1 Å². The Labute approximate surface area is 70.0 Å². The average Bonchev–Trinajstić information content (AvgIpc) is 1.87. The van der Waals surface area contributed by atoms with Gasteiger partial charge in [0.05, 0.1) is 0 Å². The molecule has 0 fully saturated rings. The van der Waals surface area contributed by atoms with Crippen molar-refractivity contribution >= 4 is 11.4 Å². The molecule has 11 heavy (non-hydrogen) atoms. The van der Waals surface area contributed by atoms with Crippen LogP contribution in [0.1, 0.15) is 26.7 Å². The van der Waals surface area contributed by atoms with Crippen LogP contribution in [-0.2, 0) is 15.6 Å². The summed E-state index contributed by atoms with van der Waals surface area (Å²) in [5.74, 6) is 0. The summed E-state index contributed by atoms with van der Waals surface area (Å²) in [4.78, 5) is 0. The maximum absolute atomic E-state index is 10.1. The van der Waals surface area contributed by atoms with Gasteiger partial charge in [0.2, 0.25) is 0 Å². The second-order valence-electron chi connectivity index (χ2n) is 2.21. The van der Waals surface area contributed by atoms with Crippen LogP contribution in [0.25, 0.3) is 0 Å². The lowest BCUT2D eigenvalue weighted by Gasteiger charge is -2.20. The molecule has 0 saturated carbocycles. The smallest absolute Gasteiger partial charge is 0.106 e. The number of nitrogens with zero attached hydrogens (tertiary/aromatic N) is 1. The first-order chi connectivity index (χ1) is 5.20. The van der Waals surface area contributed by atoms with Crippen molar-refractivity contribution in [3.8, 4) is 0 Å². The van der Waals surface area contributed by atoms with Gasteiger partial charge in [-0.15, -0.1) is 0 Å². The van der Waals surface area contributed by atoms with Crippen LogP contribution in [0.15, 0.2) is 0 Å². The molecule has 0 amide bonds. The normalized spacial score (nSPS) is 13.8. The highest BCUT2D eigenvalue weighted by atomic mass is 32.2. The second-order valence-corrected chi connectivity index (χ2v) is 2.76. The Hall–Kier alpha value is 0.0300. The van der Waals surface area contributed by atoms with Gasteiger partial charge in [0.25, 0.3) is 0 Å². The van der Waals surface area contributed by atoms with E-state index in [4.69, 9.17) is 0 Å². The highest BCUT2D eigenvalue weighted by Crippen LogP contribution is 1.96. The van der Waals surface area contributed by atoms with Crippen LogP contribution in [0, 0.1) is 0 Å². The molecule has 0 aromatic heterocycles. The van der Waals surface area contributed by atoms with Crippen molar-refractivity contribution < 1.29 is 13.0 Å². The fourth-order valence-corrected chi connectivity index (χ4v) is 1.09. The molecule has 5 heteroatoms. The van der Waals surface area contributed by atoms with E-state index in [0.29, 0.717) is 13.1 Å². The van der Waals surface area contributed by atoms with E-state index in [2.05, 4.69) is 4.28 Å². The Morgan fingerprint density at radius 3 is 2.09 bits per heavy atom. The molecule has 1 unspecified atom stereocenters. The second kappa shape index (κ2) is 6.72. The quantitative estimate of drug-likeness (QED) is 0.449. The van der Waals surface area contributed by atoms with Crippen LogP contribution >= 0.6 is 0 Å². The van der Waals surface area contributed by atoms with E-state index in [0.717, 1.165) is 12.8 Å². The van der Waals surface area contributed by atoms with Crippen molar-refractivity contribution in [1.29, 1.82) is 0 Å². The monoisotopic (exact) mass is 180 g/mol. The summed E-state index contributed by atoms with van der Waals surface area (Å²) in [7, 11) is 0. The van der Waals surface area contributed by atoms with Gasteiger partial charge in [-0.05, 0) is 12.8 Å². The first kappa shape index (κ1) is 11.0. The molecule has 0 heterocycles. The molecule has 4 nitrogen and oxygen atoms in total. The first-order valence-corrected chi connectivity index (χ1v) is 4.73. The van der Waals surface area contributed by atoms with Gasteiger partial charge in [0.15, 0.2) is 0 Å². The summed E-state index contributed by atoms with van der Waals surface area (Å²) in [6, 6.07) is 0. The van der Waals surface area contributed by atoms with E-state index >= 15 is 0 Å². The molecule has 0 N–H and O–H groups in total. The summed E-state index contributed by atoms with van der Waals surface area (Å²) in [6.45, 7) is 5.25. The minimum absolute atomic E-state index is 0.655. The van der Waals surface area contributed by atoms with Crippen molar-refractivity contribution in [3.63, 3.8) is 0 Å². The summed E-state index contributed by atoms with van der Waals surface area (Å²) >= 11 is -2.42. The molecule has 0 aliphatic rings. The van der Waals surface area contributed by atoms with Gasteiger partial charge >= 0.3 is 0 Å². The van der Waals surface area contributed by atoms with Gasteiger partial charge in [0.1, 0.15) is 11.4 Å². The summed E-state index contributed by atoms with van der Waals surface area (Å²) in [5.41, 5.74) is 0. The van der Waals surface area contributed by atoms with Gasteiger partial charge in [-0.25, -0.2) is 8.49 Å². The van der Waals surface area contributed by atoms with Gasteiger partial charge in [-0.1, -0.05) is 13.8 Å². The third kappa shape index (κ3) is 6.43. The Kier molecular flexibility index (Phi) is 6.74. The molecular weight excluding hydrogens is 166 g/mol. The molecule has 0 rings (SSSR count). The average molecular weight is 180 g/mol. The Bertz CT molecular complexity index is 114. The zero-order chi connectivity index (χ0) is 8.69. The van der Waals surface area contributed by atoms with Crippen molar-refractivity contribution in [1.82, 2.24) is 5.06 Å². The fraction of sp³-hybridized carbons (Fsp3) is 1.00. The predicted molar refractivity (Wildman–Crippen MR) is 42.2 cm³/mol. The van der Waals surface area contributed by atoms with Crippen LogP contribution in [0.5, 0.6) is 0 Å². The van der Waals surface area contributed by atoms with Gasteiger partial charge in [-0.3, -0.25) is 0 Å². The zero-order valence-electron chi connectivity index (χ0n) is 6.91. The number of hydrogen-bond donors (Lipinski definition) is 0. The third-order valence-electron chi connectivity index (χ3n) is 1.11. The van der Waals surface area contributed by atoms with Crippen LogP contribution in [0.4, 0.5) is 0 Å². The first-order valence-electron chi connectivity index (χ1n) is 3.73. The number of rotatable bonds is 6. The summed E-state index contributed by atoms with van der Waals surface area (Å²) < 4.78 is 24.7. The van der Waals surface area contributed by atoms with E-state index in [1.807, 2.05) is 13.8 Å². The van der Waals surface area contributed by atoms with Crippen molar-refractivity contribution in [2.45, 2.75) is 26.7 Å². The highest BCUT2D eigenvalue weighted by Gasteiger charge is 2.01. The van der Waals surface area contributed by atoms with Gasteiger partial charge in [0, 0.05) is 13.1 Å². The molecule has 0 aliphatic heterocycles. The van der Waals surface area contributed by atoms with Crippen molar-refractivity contribution in [3.05, 3.63) is 0 Å². The summed E-state index contributed by atoms with van der Waals surface area (Å²) in [6.07, 6.45) is 1.77. The summed E-state index contributed by atoms with van der Waals surface area (Å²) in [5, 5.41) is 1.45. The molecule has 0 aliphatic carbocycles. The zero-order valence-corrected chi connectivity index (χ0v) is 7.73. The standard InChI is InChI=1S/C6H15NO3S/c1-3-5-7(6-4-2)10-11(8)9/h3-6H2,1-2H3,(H,8,9)/p-1. The van der Waals surface area contributed by atoms with Crippen LogP contribution in [0.2, 0.25) is 0 Å². The van der Waals surface area contributed by atoms with E-state index < -0.39 is 11.4 Å². The number of hydroxylamine groups is 2. The minimum Gasteiger partial charge on any atom is -0.748 e. The lowest BCUT2D eigenvalue weighted by Crippen LogP contribution is -2.26. The predicted octanol–water partition coefficient (Wildman–Crippen LogP) is 0.834. The maximum atomic E-state index is 10.1. The number of hydrogen-bond acceptors (Lipinski definition) is 4. The topological polar surface area (TPSA) is 52.6 Å². The molecule has 68 valence electrons. The lowest BCUT2D eigenvalue weighted by molar-refractivity contribution is -0.0531. The minimum atomic E-state index is -2.42. The highest BCUT2D eigenvalue weighted by molar-refractivity contribution is 7.74. The Morgan fingerprint density at radius 1 is 1.36 bits per heavy atom. The molecule has 0 bridgehead atoms. The van der Waals surface area contributed by atoms with Gasteiger partial charge in [-0.2, -0.15) is 5.06 Å². The van der Waals surface area contributed by atoms with Crippen LogP contribution in [0.3, 0.4) is 0 Å². The third-order valence-corrected chi connectivity index (χ3v) is 1.44. The molecular formula is C6H14NO3S-. The Balaban J connectivity index is 3.59. The van der Waals surface area contributed by atoms with E-state index in [-0.39, 0.29) is 0 Å². The molecule has 0 aromatic carbocycles. The molecule has 0 aromatic rings. The molecule has 0 spiro atoms. The van der Waals surface area contributed by atoms with Crippen LogP contribution in [-0.4, -0.2) is 26.9 Å². The largest absolute Gasteiger partial charge is 0.748 e. The molecule has 0 saturated heterocycles. The molecule has 0 radical (unpaired) electrons. The van der Waals surface area contributed by atoms with E-state index in [1.165, 1.54) is 5.06 Å². The van der Waals surface area contributed by atoms with E-state index in [9.17, 15) is 8.76 Å². The lowest BCUT2D eigenvalue weighted by atomic mass is 10.4. The van der Waals surface area contributed by atoms with Crippen molar-refractivity contribution in [2.24, 2.45) is 0 Å².